The van der Waals surface area contributed by atoms with Crippen molar-refractivity contribution in [3.8, 4) is 0 Å². The molecule has 0 saturated heterocycles. The Morgan fingerprint density at radius 2 is 0.935 bits per heavy atom. The Labute approximate surface area is 276 Å². The van der Waals surface area contributed by atoms with E-state index in [-0.39, 0.29) is 12.8 Å². The van der Waals surface area contributed by atoms with E-state index >= 15 is 0 Å². The van der Waals surface area contributed by atoms with E-state index in [4.69, 9.17) is 9.47 Å². The van der Waals surface area contributed by atoms with Crippen molar-refractivity contribution in [3.05, 3.63) is 120 Å². The lowest BCUT2D eigenvalue weighted by atomic mass is 9.97. The summed E-state index contributed by atoms with van der Waals surface area (Å²) in [6, 6.07) is 17.1. The van der Waals surface area contributed by atoms with Crippen LogP contribution in [-0.4, -0.2) is 46.6 Å². The zero-order chi connectivity index (χ0) is 33.2. The van der Waals surface area contributed by atoms with Crippen molar-refractivity contribution in [1.29, 1.82) is 0 Å². The van der Waals surface area contributed by atoms with Gasteiger partial charge in [0, 0.05) is 12.8 Å². The van der Waals surface area contributed by atoms with Crippen LogP contribution in [0.25, 0.3) is 0 Å². The quantitative estimate of drug-likeness (QED) is 0.0723. The molecule has 0 aliphatic heterocycles. The van der Waals surface area contributed by atoms with Gasteiger partial charge in [-0.25, -0.2) is 9.59 Å². The molecule has 2 rings (SSSR count). The maximum Gasteiger partial charge on any atom is 0.338 e. The summed E-state index contributed by atoms with van der Waals surface area (Å²) in [5.41, 5.74) is 0.678. The van der Waals surface area contributed by atoms with Crippen molar-refractivity contribution in [2.45, 2.75) is 115 Å². The molecule has 0 saturated carbocycles. The molecule has 6 heteroatoms. The number of benzene rings is 2. The minimum absolute atomic E-state index is 0.179. The van der Waals surface area contributed by atoms with E-state index in [2.05, 4.69) is 38.2 Å². The Morgan fingerprint density at radius 3 is 1.30 bits per heavy atom. The molecule has 250 valence electrons. The molecule has 6 nitrogen and oxygen atoms in total. The second-order valence-corrected chi connectivity index (χ2v) is 11.4. The van der Waals surface area contributed by atoms with Crippen LogP contribution in [0.15, 0.2) is 109 Å². The van der Waals surface area contributed by atoms with Crippen LogP contribution < -0.4 is 0 Å². The Bertz CT molecular complexity index is 1110. The zero-order valence-corrected chi connectivity index (χ0v) is 27.7. The van der Waals surface area contributed by atoms with E-state index in [0.29, 0.717) is 24.0 Å². The highest BCUT2D eigenvalue weighted by Crippen LogP contribution is 2.20. The number of rotatable bonds is 23. The van der Waals surface area contributed by atoms with Crippen LogP contribution in [-0.2, 0) is 9.47 Å². The van der Waals surface area contributed by atoms with Crippen molar-refractivity contribution in [2.75, 3.05) is 0 Å². The second kappa shape index (κ2) is 24.5. The molecule has 0 aromatic heterocycles. The van der Waals surface area contributed by atoms with Crippen LogP contribution in [0.2, 0.25) is 0 Å². The molecule has 0 aliphatic rings. The van der Waals surface area contributed by atoms with Gasteiger partial charge in [-0.05, 0) is 62.8 Å². The van der Waals surface area contributed by atoms with E-state index in [0.717, 1.165) is 12.8 Å². The van der Waals surface area contributed by atoms with Crippen molar-refractivity contribution >= 4 is 11.9 Å². The fourth-order valence-corrected chi connectivity index (χ4v) is 4.78. The fourth-order valence-electron chi connectivity index (χ4n) is 4.78. The van der Waals surface area contributed by atoms with Gasteiger partial charge in [-0.1, -0.05) is 125 Å². The first-order valence-electron chi connectivity index (χ1n) is 17.0. The van der Waals surface area contributed by atoms with Gasteiger partial charge in [0.15, 0.2) is 0 Å². The van der Waals surface area contributed by atoms with Crippen molar-refractivity contribution in [3.63, 3.8) is 0 Å². The van der Waals surface area contributed by atoms with Gasteiger partial charge in [0.05, 0.1) is 11.1 Å². The molecule has 0 aliphatic carbocycles. The fraction of sp³-hybridized carbons (Fsp3) is 0.450. The number of esters is 2. The smallest absolute Gasteiger partial charge is 0.338 e. The van der Waals surface area contributed by atoms with E-state index < -0.39 is 36.4 Å². The van der Waals surface area contributed by atoms with E-state index in [1.807, 2.05) is 24.3 Å². The Morgan fingerprint density at radius 1 is 0.565 bits per heavy atom. The molecule has 4 atom stereocenters. The zero-order valence-electron chi connectivity index (χ0n) is 27.7. The topological polar surface area (TPSA) is 93.1 Å². The average molecular weight is 631 g/mol. The number of allylic oxidation sites excluding steroid dienone is 6. The molecular weight excluding hydrogens is 576 g/mol. The predicted molar refractivity (Wildman–Crippen MR) is 187 cm³/mol. The lowest BCUT2D eigenvalue weighted by Gasteiger charge is -2.30. The van der Waals surface area contributed by atoms with Crippen molar-refractivity contribution in [1.82, 2.24) is 0 Å². The minimum atomic E-state index is -1.51. The first kappa shape index (κ1) is 38.4. The molecule has 0 spiro atoms. The summed E-state index contributed by atoms with van der Waals surface area (Å²) in [4.78, 5) is 26.0. The normalized spacial score (nSPS) is 14.6. The maximum atomic E-state index is 13.0. The SMILES string of the molecule is CCCCC/C=C\C/C=C\C[C@@H](OC(=O)c1ccccc1)[C@@H](O)[C@H](O)[C@@H](C/C=C\C/C=C\CCCCC)OC(=O)c1ccccc1. The lowest BCUT2D eigenvalue weighted by Crippen LogP contribution is -2.47. The highest BCUT2D eigenvalue weighted by atomic mass is 16.6. The van der Waals surface area contributed by atoms with Gasteiger partial charge < -0.3 is 19.7 Å². The molecule has 0 amide bonds. The molecule has 2 aromatic carbocycles. The number of aliphatic hydroxyl groups excluding tert-OH is 2. The van der Waals surface area contributed by atoms with E-state index in [1.165, 1.54) is 38.5 Å². The third-order valence-corrected chi connectivity index (χ3v) is 7.54. The molecule has 0 fully saturated rings. The number of hydrogen-bond donors (Lipinski definition) is 2. The van der Waals surface area contributed by atoms with Crippen LogP contribution in [0.4, 0.5) is 0 Å². The molecule has 46 heavy (non-hydrogen) atoms. The second-order valence-electron chi connectivity index (χ2n) is 11.4. The number of carbonyl (C=O) groups is 2. The summed E-state index contributed by atoms with van der Waals surface area (Å²) in [7, 11) is 0. The van der Waals surface area contributed by atoms with Crippen molar-refractivity contribution in [2.24, 2.45) is 0 Å². The maximum absolute atomic E-state index is 13.0. The third kappa shape index (κ3) is 16.0. The molecule has 0 radical (unpaired) electrons. The molecule has 0 bridgehead atoms. The largest absolute Gasteiger partial charge is 0.456 e. The predicted octanol–water partition coefficient (Wildman–Crippen LogP) is 9.11. The van der Waals surface area contributed by atoms with E-state index in [9.17, 15) is 19.8 Å². The summed E-state index contributed by atoms with van der Waals surface area (Å²) in [5.74, 6) is -1.21. The van der Waals surface area contributed by atoms with Crippen LogP contribution in [0.3, 0.4) is 0 Å². The first-order chi connectivity index (χ1) is 22.5. The third-order valence-electron chi connectivity index (χ3n) is 7.54. The Kier molecular flexibility index (Phi) is 20.5. The monoisotopic (exact) mass is 630 g/mol. The minimum Gasteiger partial charge on any atom is -0.456 e. The summed E-state index contributed by atoms with van der Waals surface area (Å²) in [6.45, 7) is 4.36. The molecule has 0 heterocycles. The van der Waals surface area contributed by atoms with Crippen molar-refractivity contribution < 1.29 is 29.3 Å². The van der Waals surface area contributed by atoms with E-state index in [1.54, 1.807) is 60.7 Å². The highest BCUT2D eigenvalue weighted by Gasteiger charge is 2.36. The summed E-state index contributed by atoms with van der Waals surface area (Å²) >= 11 is 0. The Balaban J connectivity index is 2.16. The average Bonchev–Trinajstić information content (AvgIpc) is 3.09. The standard InChI is InChI=1S/C40H54O6/c1-3-5-7-9-11-13-15-17-25-31-35(45-39(43)33-27-21-19-22-28-33)37(41)38(42)36(46-40(44)34-29-23-20-24-30-34)32-26-18-16-14-12-10-8-6-4-2/h11-14,17-30,35-38,41-42H,3-10,15-16,31-32H2,1-2H3/b13-11-,14-12-,25-17-,26-18-/t35-,36-,37-,38-/m1/s1. The van der Waals surface area contributed by atoms with Crippen LogP contribution in [0.5, 0.6) is 0 Å². The summed E-state index contributed by atoms with van der Waals surface area (Å²) < 4.78 is 11.5. The number of carbonyl (C=O) groups excluding carboxylic acids is 2. The van der Waals surface area contributed by atoms with Gasteiger partial charge in [0.25, 0.3) is 0 Å². The summed E-state index contributed by atoms with van der Waals surface area (Å²) in [6.07, 6.45) is 21.9. The van der Waals surface area contributed by atoms with Gasteiger partial charge in [-0.3, -0.25) is 0 Å². The van der Waals surface area contributed by atoms with Gasteiger partial charge in [-0.15, -0.1) is 0 Å². The van der Waals surface area contributed by atoms with Crippen LogP contribution in [0, 0.1) is 0 Å². The number of unbranched alkanes of at least 4 members (excludes halogenated alkanes) is 6. The van der Waals surface area contributed by atoms with Gasteiger partial charge in [-0.2, -0.15) is 0 Å². The highest BCUT2D eigenvalue weighted by molar-refractivity contribution is 5.90. The molecule has 0 unspecified atom stereocenters. The number of ether oxygens (including phenoxy) is 2. The lowest BCUT2D eigenvalue weighted by molar-refractivity contribution is -0.111. The Hall–Kier alpha value is -3.74. The molecule has 2 aromatic rings. The number of aliphatic hydroxyl groups is 2. The van der Waals surface area contributed by atoms with Gasteiger partial charge in [0.2, 0.25) is 0 Å². The van der Waals surface area contributed by atoms with Crippen LogP contribution in [0.1, 0.15) is 112 Å². The number of hydrogen-bond acceptors (Lipinski definition) is 6. The molecule has 2 N–H and O–H groups in total. The van der Waals surface area contributed by atoms with Crippen LogP contribution >= 0.6 is 0 Å². The first-order valence-corrected chi connectivity index (χ1v) is 17.0. The molecular formula is C40H54O6. The van der Waals surface area contributed by atoms with Gasteiger partial charge >= 0.3 is 11.9 Å². The van der Waals surface area contributed by atoms with Gasteiger partial charge in [0.1, 0.15) is 24.4 Å². The summed E-state index contributed by atoms with van der Waals surface area (Å²) in [5, 5.41) is 22.8.